The molecule has 8 aromatic heterocycles. The van der Waals surface area contributed by atoms with Gasteiger partial charge in [-0.05, 0) is 110 Å². The van der Waals surface area contributed by atoms with E-state index in [9.17, 15) is 0 Å². The Morgan fingerprint density at radius 3 is 0.887 bits per heavy atom. The molecule has 0 aliphatic carbocycles. The van der Waals surface area contributed by atoms with Gasteiger partial charge in [0.1, 0.15) is 32.8 Å². The second-order valence-electron chi connectivity index (χ2n) is 30.3. The molecule has 0 spiro atoms. The van der Waals surface area contributed by atoms with Gasteiger partial charge in [-0.25, -0.2) is 32.0 Å². The summed E-state index contributed by atoms with van der Waals surface area (Å²) >= 11 is 0. The summed E-state index contributed by atoms with van der Waals surface area (Å²) in [5.74, 6) is 0. The van der Waals surface area contributed by atoms with Crippen molar-refractivity contribution in [2.75, 3.05) is 27.3 Å². The third-order valence-electron chi connectivity index (χ3n) is 20.8. The monoisotopic (exact) mass is 1510 g/mol. The van der Waals surface area contributed by atoms with Crippen molar-refractivity contribution in [3.05, 3.63) is 419 Å². The van der Waals surface area contributed by atoms with E-state index in [0.29, 0.717) is 12.3 Å². The summed E-state index contributed by atoms with van der Waals surface area (Å²) in [6.45, 7) is 11.9. The van der Waals surface area contributed by atoms with E-state index in [4.69, 9.17) is 10.1 Å². The maximum atomic E-state index is 7.42. The molecule has 0 amide bonds. The van der Waals surface area contributed by atoms with Crippen LogP contribution < -0.4 is 36.5 Å². The molecule has 18 aromatic rings. The van der Waals surface area contributed by atoms with Crippen molar-refractivity contribution in [3.63, 3.8) is 0 Å². The molecule has 0 unspecified atom stereocenters. The molecular weight excluding hydrogens is 1410 g/mol. The van der Waals surface area contributed by atoms with E-state index in [1.807, 2.05) is 29.8 Å². The molecule has 0 saturated carbocycles. The lowest BCUT2D eigenvalue weighted by atomic mass is 10.0. The van der Waals surface area contributed by atoms with Crippen molar-refractivity contribution in [3.8, 4) is 0 Å². The molecule has 9 heterocycles. The van der Waals surface area contributed by atoms with E-state index < -0.39 is 0 Å². The van der Waals surface area contributed by atoms with E-state index in [0.717, 1.165) is 76.5 Å². The molecule has 11 heteroatoms. The first-order valence-electron chi connectivity index (χ1n) is 40.3. The van der Waals surface area contributed by atoms with Gasteiger partial charge in [0.2, 0.25) is 0 Å². The number of fused-ring (bicyclic) bond motifs is 9. The van der Waals surface area contributed by atoms with Crippen LogP contribution in [-0.2, 0) is 63.6 Å². The number of quaternary nitrogens is 1. The minimum atomic E-state index is 0.671. The largest absolute Gasteiger partial charge is 0.368 e. The van der Waals surface area contributed by atoms with Gasteiger partial charge in [0.15, 0.2) is 138 Å². The van der Waals surface area contributed by atoms with E-state index in [1.165, 1.54) is 116 Å². The number of aromatic nitrogens is 8. The van der Waals surface area contributed by atoms with Crippen LogP contribution >= 0.6 is 0 Å². The first-order valence-corrected chi connectivity index (χ1v) is 40.3. The first-order chi connectivity index (χ1) is 56.5. The highest BCUT2D eigenvalue weighted by Gasteiger charge is 2.19. The predicted octanol–water partition coefficient (Wildman–Crippen LogP) is 18.6. The fourth-order valence-electron chi connectivity index (χ4n) is 14.6. The number of pyridine rings is 8. The van der Waals surface area contributed by atoms with Gasteiger partial charge in [-0.3, -0.25) is 4.48 Å². The van der Waals surface area contributed by atoms with Gasteiger partial charge in [-0.15, -0.1) is 0 Å². The highest BCUT2D eigenvalue weighted by molar-refractivity contribution is 5.85. The molecule has 0 radical (unpaired) electrons. The van der Waals surface area contributed by atoms with Crippen molar-refractivity contribution in [2.24, 2.45) is 0 Å². The summed E-state index contributed by atoms with van der Waals surface area (Å²) in [5, 5.41) is 27.9. The molecule has 1 aliphatic heterocycles. The Morgan fingerprint density at radius 1 is 0.287 bits per heavy atom. The maximum absolute atomic E-state index is 7.42. The van der Waals surface area contributed by atoms with E-state index in [-0.39, 0.29) is 0 Å². The Kier molecular flexibility index (Phi) is 27.2. The van der Waals surface area contributed by atoms with Gasteiger partial charge in [0.25, 0.3) is 0 Å². The van der Waals surface area contributed by atoms with Crippen LogP contribution in [0.15, 0.2) is 403 Å². The molecule has 115 heavy (non-hydrogen) atoms. The third kappa shape index (κ3) is 23.2. The Labute approximate surface area is 676 Å². The quantitative estimate of drug-likeness (QED) is 0.0373. The topological polar surface area (TPSA) is 64.1 Å². The summed E-state index contributed by atoms with van der Waals surface area (Å²) in [6, 6.07) is 104. The minimum Gasteiger partial charge on any atom is -0.368 e. The molecule has 1 N–H and O–H groups in total. The number of rotatable bonds is 19. The van der Waals surface area contributed by atoms with Crippen molar-refractivity contribution in [1.82, 2.24) is 0 Å². The smallest absolute Gasteiger partial charge is 0.185 e. The molecule has 1 aliphatic rings. The molecule has 0 bridgehead atoms. The normalized spacial score (nSPS) is 11.8. The standard InChI is InChI=1S/C22H22N2O.C22H22N2.C21H20N2.C16H14N.C12H13N2.C11H14N/c1-3-7-21-17-23(11-9-19(21)5-1)13-15-25-16-14-24-12-10-20-6-2-4-8-22(20)18-24;1-3-9-21-17-23(15-11-19(21)7-1)13-5-6-14-24-16-12-20-8-2-4-10-22(20)18-24;1-3-8-20-16-22(14-10-18(20)6-1)12-5-13-23-15-11-19-7-2-4-9-21(19)17-23;1-2-6-14(7-3-1)12-17-11-10-15-8-4-5-9-16(15)13-17;1-10(13)8-14-7-6-11-4-2-3-5-12(11)9-14;1-12(2)8-7-10-5-3-4-6-11(10)9-12/h1-12,17-18H,13-16H2;1-4,7-12,15-18H,5-6,13-14H2;1-4,6-11,14-17H,5,12-13H2;1-11,13H,12H2;2-7,9,13H,8H2,1H3;3-8H,9H2,1-2H3/q3*+2;3*+1. The number of hydrogen-bond acceptors (Lipinski definition) is 2. The maximum Gasteiger partial charge on any atom is 0.185 e. The number of nitrogens with one attached hydrogen (secondary N) is 1. The summed E-state index contributed by atoms with van der Waals surface area (Å²) in [5.41, 5.74) is 4.82. The lowest BCUT2D eigenvalue weighted by Crippen LogP contribution is -2.38. The molecule has 10 aromatic carbocycles. The molecule has 19 rings (SSSR count). The fourth-order valence-corrected chi connectivity index (χ4v) is 14.6. The Morgan fingerprint density at radius 2 is 0.548 bits per heavy atom. The second-order valence-corrected chi connectivity index (χ2v) is 30.3. The number of hydrogen-bond donors (Lipinski definition) is 1. The van der Waals surface area contributed by atoms with Gasteiger partial charge in [-0.1, -0.05) is 200 Å². The zero-order chi connectivity index (χ0) is 78.6. The van der Waals surface area contributed by atoms with Crippen molar-refractivity contribution in [1.29, 1.82) is 5.41 Å². The molecular formula is C104H105N10O+9. The number of nitrogens with zero attached hydrogens (tertiary/aromatic N) is 9. The van der Waals surface area contributed by atoms with Gasteiger partial charge in [0.05, 0.1) is 32.4 Å². The van der Waals surface area contributed by atoms with E-state index in [1.54, 1.807) is 0 Å². The zero-order valence-corrected chi connectivity index (χ0v) is 66.5. The number of ether oxygens (including phenoxy) is 1. The third-order valence-corrected chi connectivity index (χ3v) is 20.8. The molecule has 0 saturated heterocycles. The van der Waals surface area contributed by atoms with E-state index in [2.05, 4.69) is 436 Å². The highest BCUT2D eigenvalue weighted by Crippen LogP contribution is 2.23. The van der Waals surface area contributed by atoms with Crippen molar-refractivity contribution in [2.45, 2.75) is 85.1 Å². The zero-order valence-electron chi connectivity index (χ0n) is 66.5. The van der Waals surface area contributed by atoms with Crippen molar-refractivity contribution >= 4 is 98.0 Å². The minimum absolute atomic E-state index is 0.671. The Hall–Kier alpha value is -13.2. The lowest BCUT2D eigenvalue weighted by molar-refractivity contribution is -0.852. The van der Waals surface area contributed by atoms with Gasteiger partial charge < -0.3 is 10.1 Å². The fraction of sp³-hybridized carbons (Fsp3) is 0.163. The van der Waals surface area contributed by atoms with E-state index >= 15 is 0 Å². The molecule has 0 atom stereocenters. The summed E-state index contributed by atoms with van der Waals surface area (Å²) in [4.78, 5) is 0. The number of unbranched alkanes of at least 4 members (excludes halogenated alkanes) is 1. The SMILES string of the molecule is CC(=N)C[n+]1ccc2ccccc2c1.C[N+]1(C)C=Cc2ccccc2C1.c1ccc(C[n+]2ccc3ccccc3c2)cc1.c1ccc2c[n+](CCCC[n+]3ccc4ccccc4c3)ccc2c1.c1ccc2c[n+](CCC[n+]3ccc4ccccc4c3)ccc2c1.c1ccc2c[n+](CCOCC[n+]3ccc4ccccc4c3)ccc2c1. The first kappa shape index (κ1) is 78.5. The van der Waals surface area contributed by atoms with Crippen LogP contribution in [0.25, 0.3) is 92.3 Å². The second kappa shape index (κ2) is 39.8. The van der Waals surface area contributed by atoms with Crippen LogP contribution in [0.1, 0.15) is 42.9 Å². The molecule has 568 valence electrons. The summed E-state index contributed by atoms with van der Waals surface area (Å²) in [7, 11) is 4.43. The number of aryl methyl sites for hydroxylation is 4. The molecule has 0 fully saturated rings. The Bertz CT molecular complexity index is 6040. The predicted molar refractivity (Wildman–Crippen MR) is 468 cm³/mol. The summed E-state index contributed by atoms with van der Waals surface area (Å²) < 4.78 is 24.6. The average Bonchev–Trinajstić information content (AvgIpc) is 0.830. The van der Waals surface area contributed by atoms with Crippen LogP contribution in [0.3, 0.4) is 0 Å². The average molecular weight is 1510 g/mol. The summed E-state index contributed by atoms with van der Waals surface area (Å²) in [6.07, 6.45) is 42.6. The number of benzene rings is 10. The van der Waals surface area contributed by atoms with Crippen molar-refractivity contribution < 1.29 is 45.8 Å². The van der Waals surface area contributed by atoms with Crippen LogP contribution in [0.4, 0.5) is 0 Å². The lowest BCUT2D eigenvalue weighted by Gasteiger charge is -2.28. The van der Waals surface area contributed by atoms with Crippen LogP contribution in [0, 0.1) is 5.41 Å². The highest BCUT2D eigenvalue weighted by atomic mass is 16.5. The Balaban J connectivity index is 0.000000116. The van der Waals surface area contributed by atoms with Gasteiger partial charge >= 0.3 is 0 Å². The van der Waals surface area contributed by atoms with Crippen LogP contribution in [0.5, 0.6) is 0 Å². The van der Waals surface area contributed by atoms with Crippen LogP contribution in [-0.4, -0.2) is 37.5 Å². The van der Waals surface area contributed by atoms with Gasteiger partial charge in [0, 0.05) is 116 Å². The van der Waals surface area contributed by atoms with Gasteiger partial charge in [-0.2, -0.15) is 4.57 Å². The molecule has 11 nitrogen and oxygen atoms in total. The van der Waals surface area contributed by atoms with Crippen LogP contribution in [0.2, 0.25) is 0 Å².